The van der Waals surface area contributed by atoms with Gasteiger partial charge in [0.2, 0.25) is 0 Å². The first kappa shape index (κ1) is 66.9. The summed E-state index contributed by atoms with van der Waals surface area (Å²) in [6.07, 6.45) is -8.66. The fourth-order valence-electron chi connectivity index (χ4n) is 15.3. The lowest BCUT2D eigenvalue weighted by Crippen LogP contribution is -2.66. The van der Waals surface area contributed by atoms with E-state index < -0.39 is 163 Å². The zero-order valence-electron chi connectivity index (χ0n) is 51.4. The van der Waals surface area contributed by atoms with Crippen LogP contribution in [-0.4, -0.2) is 157 Å². The summed E-state index contributed by atoms with van der Waals surface area (Å²) in [5, 5.41) is 11.8. The van der Waals surface area contributed by atoms with E-state index in [1.807, 2.05) is 0 Å². The molecule has 0 aromatic rings. The number of ether oxygens (including phenoxy) is 13. The van der Waals surface area contributed by atoms with Crippen molar-refractivity contribution in [1.29, 1.82) is 0 Å². The summed E-state index contributed by atoms with van der Waals surface area (Å²) in [6.45, 7) is 26.3. The average Bonchev–Trinajstić information content (AvgIpc) is 1.74. The van der Waals surface area contributed by atoms with Crippen molar-refractivity contribution in [3.05, 3.63) is 11.6 Å². The molecular formula is C60H90O23. The Morgan fingerprint density at radius 1 is 0.566 bits per heavy atom. The van der Waals surface area contributed by atoms with Crippen LogP contribution in [0.5, 0.6) is 0 Å². The third kappa shape index (κ3) is 14.5. The van der Waals surface area contributed by atoms with Gasteiger partial charge in [0.25, 0.3) is 0 Å². The van der Waals surface area contributed by atoms with Crippen LogP contribution in [0.15, 0.2) is 11.6 Å². The monoisotopic (exact) mass is 1180 g/mol. The Labute approximate surface area is 486 Å². The van der Waals surface area contributed by atoms with Crippen LogP contribution in [-0.2, 0) is 105 Å². The molecule has 23 heteroatoms. The Bertz CT molecular complexity index is 2460. The molecule has 23 nitrogen and oxygen atoms in total. The summed E-state index contributed by atoms with van der Waals surface area (Å²) < 4.78 is 77.3. The Kier molecular flexibility index (Phi) is 21.1. The molecule has 3 saturated carbocycles. The van der Waals surface area contributed by atoms with Crippen LogP contribution in [0, 0.1) is 45.3 Å². The quantitative estimate of drug-likeness (QED) is 0.0799. The molecule has 4 aliphatic carbocycles. The van der Waals surface area contributed by atoms with Gasteiger partial charge >= 0.3 is 53.7 Å². The van der Waals surface area contributed by atoms with E-state index in [9.17, 15) is 48.3 Å². The van der Waals surface area contributed by atoms with Crippen molar-refractivity contribution in [2.24, 2.45) is 45.3 Å². The van der Waals surface area contributed by atoms with Gasteiger partial charge in [-0.15, -0.1) is 0 Å². The van der Waals surface area contributed by atoms with E-state index in [1.54, 1.807) is 13.8 Å². The molecule has 6 rings (SSSR count). The van der Waals surface area contributed by atoms with Crippen molar-refractivity contribution in [2.45, 2.75) is 254 Å². The number of fused-ring (bicyclic) bond motifs is 5. The summed E-state index contributed by atoms with van der Waals surface area (Å²) >= 11 is 0. The zero-order chi connectivity index (χ0) is 62.1. The number of allylic oxidation sites excluding steroid dienone is 1. The summed E-state index contributed by atoms with van der Waals surface area (Å²) in [7, 11) is 0. The number of hydrogen-bond acceptors (Lipinski definition) is 23. The standard InChI is InChI=1S/C60H90O23/c1-29(18-22-46(57(13,14)70)83-55-53(79-38(10)69)51(77-36(8)67)49(75-34(6)65)43(81-55)28-72-31(3)62)39-24-25-58(15)44-21-19-40-41(60(44,17)47(73-32(4)63)26-59(39,58)16)20-23-45(56(40,11)12)82-54-52(78-37(9)68)50(76-35(7)66)48(74-33(5)64)42(80-54)27-71-30(2)61/h19,29,39,41-55,70H,18,20-28H2,1-17H3/t29-,39+,41-,42-,43+,44+,45-,46+,47+,48-,49+,50+,51-,52+,53-,54+,55+,58+,59+,60+/m0/s1. The van der Waals surface area contributed by atoms with Crippen molar-refractivity contribution in [3.63, 3.8) is 0 Å². The fraction of sp³-hybridized carbons (Fsp3) is 0.817. The predicted octanol–water partition coefficient (Wildman–Crippen LogP) is 6.26. The molecule has 6 aliphatic rings. The van der Waals surface area contributed by atoms with Crippen molar-refractivity contribution in [2.75, 3.05) is 13.2 Å². The Hall–Kier alpha value is -5.23. The number of aliphatic hydroxyl groups is 1. The van der Waals surface area contributed by atoms with Crippen molar-refractivity contribution in [1.82, 2.24) is 0 Å². The summed E-state index contributed by atoms with van der Waals surface area (Å²) in [4.78, 5) is 113. The minimum absolute atomic E-state index is 0.0189. The van der Waals surface area contributed by atoms with E-state index >= 15 is 0 Å². The first-order valence-corrected chi connectivity index (χ1v) is 29.0. The number of carbonyl (C=O) groups is 9. The molecular weight excluding hydrogens is 1090 g/mol. The Balaban J connectivity index is 1.28. The molecule has 5 fully saturated rings. The normalized spacial score (nSPS) is 37.0. The largest absolute Gasteiger partial charge is 0.463 e. The smallest absolute Gasteiger partial charge is 0.303 e. The molecule has 2 saturated heterocycles. The highest BCUT2D eigenvalue weighted by atomic mass is 16.8. The molecule has 0 aromatic carbocycles. The molecule has 0 bridgehead atoms. The molecule has 20 atom stereocenters. The zero-order valence-corrected chi connectivity index (χ0v) is 51.4. The van der Waals surface area contributed by atoms with Crippen LogP contribution in [0.25, 0.3) is 0 Å². The van der Waals surface area contributed by atoms with Crippen LogP contribution in [0.3, 0.4) is 0 Å². The molecule has 0 spiro atoms. The summed E-state index contributed by atoms with van der Waals surface area (Å²) in [5.74, 6) is -6.20. The van der Waals surface area contributed by atoms with Crippen LogP contribution in [0.1, 0.15) is 169 Å². The van der Waals surface area contributed by atoms with Crippen LogP contribution < -0.4 is 0 Å². The number of carbonyl (C=O) groups excluding carboxylic acids is 9. The Morgan fingerprint density at radius 3 is 1.47 bits per heavy atom. The highest BCUT2D eigenvalue weighted by Gasteiger charge is 2.71. The van der Waals surface area contributed by atoms with Gasteiger partial charge in [-0.25, -0.2) is 0 Å². The van der Waals surface area contributed by atoms with Gasteiger partial charge in [-0.2, -0.15) is 0 Å². The second-order valence-electron chi connectivity index (χ2n) is 25.5. The van der Waals surface area contributed by atoms with Gasteiger partial charge in [-0.05, 0) is 99.7 Å². The lowest BCUT2D eigenvalue weighted by Gasteiger charge is -2.68. The molecule has 2 heterocycles. The van der Waals surface area contributed by atoms with E-state index in [2.05, 4.69) is 47.6 Å². The second-order valence-corrected chi connectivity index (χ2v) is 25.5. The van der Waals surface area contributed by atoms with E-state index in [0.29, 0.717) is 32.1 Å². The molecule has 0 amide bonds. The lowest BCUT2D eigenvalue weighted by molar-refractivity contribution is -0.326. The average molecular weight is 1180 g/mol. The van der Waals surface area contributed by atoms with Crippen LogP contribution in [0.2, 0.25) is 0 Å². The van der Waals surface area contributed by atoms with Gasteiger partial charge in [0.15, 0.2) is 49.2 Å². The molecule has 468 valence electrons. The maximum atomic E-state index is 13.4. The van der Waals surface area contributed by atoms with Crippen molar-refractivity contribution in [3.8, 4) is 0 Å². The van der Waals surface area contributed by atoms with Gasteiger partial charge in [-0.3, -0.25) is 43.2 Å². The van der Waals surface area contributed by atoms with Gasteiger partial charge < -0.3 is 66.7 Å². The van der Waals surface area contributed by atoms with Crippen molar-refractivity contribution < 1.29 is 110 Å². The van der Waals surface area contributed by atoms with Gasteiger partial charge in [0, 0.05) is 73.1 Å². The number of esters is 9. The third-order valence-corrected chi connectivity index (χ3v) is 19.0. The molecule has 0 aromatic heterocycles. The highest BCUT2D eigenvalue weighted by molar-refractivity contribution is 5.70. The lowest BCUT2D eigenvalue weighted by atomic mass is 9.38. The van der Waals surface area contributed by atoms with Gasteiger partial charge in [0.1, 0.15) is 31.5 Å². The summed E-state index contributed by atoms with van der Waals surface area (Å²) in [6, 6.07) is 0. The van der Waals surface area contributed by atoms with E-state index in [0.717, 1.165) is 53.0 Å². The first-order valence-electron chi connectivity index (χ1n) is 29.0. The second kappa shape index (κ2) is 26.2. The van der Waals surface area contributed by atoms with Gasteiger partial charge in [-0.1, -0.05) is 53.2 Å². The predicted molar refractivity (Wildman–Crippen MR) is 288 cm³/mol. The van der Waals surface area contributed by atoms with E-state index in [4.69, 9.17) is 61.6 Å². The highest BCUT2D eigenvalue weighted by Crippen LogP contribution is 2.75. The molecule has 1 N–H and O–H groups in total. The maximum Gasteiger partial charge on any atom is 0.303 e. The fourth-order valence-corrected chi connectivity index (χ4v) is 15.3. The summed E-state index contributed by atoms with van der Waals surface area (Å²) in [5.41, 5.74) is -2.29. The SMILES string of the molecule is CC(=O)OC[C@@H]1O[C@H](O[C@H]2CC[C@H]3C(=CC[C@H]4[C@]3(C)[C@H](OC(C)=O)C[C@]3(C)[C@@H]([C@@H](C)CC[C@@H](O[C@H]5O[C@H](COC(C)=O)[C@@H](OC(C)=O)[C@H](OC(C)=O)[C@@H]5OC(C)=O)C(C)(C)O)CC[C@]43C)C2(C)C)[C@H](OC(C)=O)[C@H](OC(C)=O)[C@H]1OC(C)=O. The molecule has 83 heavy (non-hydrogen) atoms. The first-order chi connectivity index (χ1) is 38.4. The number of hydrogen-bond donors (Lipinski definition) is 1. The third-order valence-electron chi connectivity index (χ3n) is 19.0. The Morgan fingerprint density at radius 2 is 1.01 bits per heavy atom. The van der Waals surface area contributed by atoms with Crippen molar-refractivity contribution >= 4 is 53.7 Å². The minimum atomic E-state index is -1.52. The molecule has 0 radical (unpaired) electrons. The van der Waals surface area contributed by atoms with Crippen LogP contribution in [0.4, 0.5) is 0 Å². The maximum absolute atomic E-state index is 13.4. The number of rotatable bonds is 20. The topological polar surface area (TPSA) is 294 Å². The minimum Gasteiger partial charge on any atom is -0.463 e. The van der Waals surface area contributed by atoms with Crippen LogP contribution >= 0.6 is 0 Å². The van der Waals surface area contributed by atoms with Gasteiger partial charge in [0.05, 0.1) is 17.8 Å². The van der Waals surface area contributed by atoms with E-state index in [1.165, 1.54) is 27.7 Å². The molecule has 2 aliphatic heterocycles. The van der Waals surface area contributed by atoms with E-state index in [-0.39, 0.29) is 40.9 Å². The molecule has 0 unspecified atom stereocenters.